The fourth-order valence-corrected chi connectivity index (χ4v) is 2.04. The molecular formula is C14H30B2O2. The second-order valence-corrected chi connectivity index (χ2v) is 8.41. The zero-order chi connectivity index (χ0) is 14.4. The molecule has 0 saturated carbocycles. The highest BCUT2D eigenvalue weighted by Gasteiger charge is 2.50. The molecule has 104 valence electrons. The first-order valence-corrected chi connectivity index (χ1v) is 7.10. The molecule has 1 aliphatic heterocycles. The molecule has 0 atom stereocenters. The van der Waals surface area contributed by atoms with Crippen LogP contribution >= 0.6 is 0 Å². The standard InChI is InChI=1S/C14H30B2O2/c1-11(2,3)13(6,7)17-15-16-10-12(4,5)14(8,9)18-16/h15H,10H2,1-9H3. The van der Waals surface area contributed by atoms with Crippen LogP contribution in [0.1, 0.15) is 62.3 Å². The van der Waals surface area contributed by atoms with E-state index >= 15 is 0 Å². The Hall–Kier alpha value is 0.0499. The molecule has 0 amide bonds. The molecule has 1 fully saturated rings. The molecule has 0 radical (unpaired) electrons. The van der Waals surface area contributed by atoms with Crippen LogP contribution in [0.2, 0.25) is 6.32 Å². The van der Waals surface area contributed by atoms with E-state index in [0.717, 1.165) is 6.32 Å². The lowest BCUT2D eigenvalue weighted by Gasteiger charge is -2.39. The van der Waals surface area contributed by atoms with E-state index in [1.807, 2.05) is 0 Å². The van der Waals surface area contributed by atoms with Crippen LogP contribution in [0.15, 0.2) is 0 Å². The topological polar surface area (TPSA) is 18.5 Å². The normalized spacial score (nSPS) is 23.3. The van der Waals surface area contributed by atoms with E-state index in [-0.39, 0.29) is 28.8 Å². The van der Waals surface area contributed by atoms with Gasteiger partial charge in [-0.05, 0) is 44.8 Å². The molecule has 0 aromatic heterocycles. The van der Waals surface area contributed by atoms with Crippen LogP contribution in [-0.4, -0.2) is 25.4 Å². The average Bonchev–Trinajstić information content (AvgIpc) is 2.30. The van der Waals surface area contributed by atoms with E-state index in [0.29, 0.717) is 7.37 Å². The molecule has 0 aromatic carbocycles. The predicted octanol–water partition coefficient (Wildman–Crippen LogP) is 3.50. The van der Waals surface area contributed by atoms with Gasteiger partial charge in [-0.3, -0.25) is 0 Å². The molecule has 0 spiro atoms. The zero-order valence-electron chi connectivity index (χ0n) is 13.8. The van der Waals surface area contributed by atoms with Crippen molar-refractivity contribution < 1.29 is 9.31 Å². The first-order chi connectivity index (χ1) is 7.79. The van der Waals surface area contributed by atoms with Gasteiger partial charge in [0.15, 0.2) is 0 Å². The van der Waals surface area contributed by atoms with Crippen LogP contribution in [0.25, 0.3) is 0 Å². The predicted molar refractivity (Wildman–Crippen MR) is 81.3 cm³/mol. The van der Waals surface area contributed by atoms with Gasteiger partial charge in [-0.1, -0.05) is 34.6 Å². The summed E-state index contributed by atoms with van der Waals surface area (Å²) in [7, 11) is 0.692. The number of rotatable bonds is 3. The zero-order valence-corrected chi connectivity index (χ0v) is 13.8. The third-order valence-electron chi connectivity index (χ3n) is 5.27. The minimum atomic E-state index is -0.132. The number of hydrogen-bond acceptors (Lipinski definition) is 2. The summed E-state index contributed by atoms with van der Waals surface area (Å²) in [5.74, 6) is 0. The third-order valence-corrected chi connectivity index (χ3v) is 5.27. The Morgan fingerprint density at radius 1 is 1.06 bits per heavy atom. The summed E-state index contributed by atoms with van der Waals surface area (Å²) in [4.78, 5) is 0. The fraction of sp³-hybridized carbons (Fsp3) is 1.00. The Morgan fingerprint density at radius 3 is 1.89 bits per heavy atom. The van der Waals surface area contributed by atoms with Crippen molar-refractivity contribution >= 4 is 14.2 Å². The summed E-state index contributed by atoms with van der Waals surface area (Å²) >= 11 is 0. The molecule has 0 aromatic rings. The monoisotopic (exact) mass is 252 g/mol. The Balaban J connectivity index is 2.58. The molecule has 0 bridgehead atoms. The number of hydrogen-bond donors (Lipinski definition) is 0. The molecule has 1 heterocycles. The van der Waals surface area contributed by atoms with Crippen LogP contribution in [0.3, 0.4) is 0 Å². The van der Waals surface area contributed by atoms with Gasteiger partial charge < -0.3 is 9.31 Å². The summed E-state index contributed by atoms with van der Waals surface area (Å²) in [6, 6.07) is 0. The van der Waals surface area contributed by atoms with E-state index in [1.54, 1.807) is 0 Å². The Labute approximate surface area is 115 Å². The quantitative estimate of drug-likeness (QED) is 0.715. The fourth-order valence-electron chi connectivity index (χ4n) is 2.04. The van der Waals surface area contributed by atoms with Crippen molar-refractivity contribution in [2.24, 2.45) is 10.8 Å². The van der Waals surface area contributed by atoms with Crippen LogP contribution in [0, 0.1) is 10.8 Å². The van der Waals surface area contributed by atoms with Crippen LogP contribution < -0.4 is 0 Å². The first-order valence-electron chi connectivity index (χ1n) is 7.10. The third kappa shape index (κ3) is 3.14. The lowest BCUT2D eigenvalue weighted by Crippen LogP contribution is -2.44. The Bertz CT molecular complexity index is 287. The van der Waals surface area contributed by atoms with E-state index in [9.17, 15) is 0 Å². The van der Waals surface area contributed by atoms with Gasteiger partial charge in [-0.25, -0.2) is 0 Å². The molecule has 0 unspecified atom stereocenters. The van der Waals surface area contributed by atoms with Gasteiger partial charge in [0.2, 0.25) is 0 Å². The van der Waals surface area contributed by atoms with Crippen molar-refractivity contribution in [1.29, 1.82) is 0 Å². The van der Waals surface area contributed by atoms with E-state index in [4.69, 9.17) is 9.31 Å². The van der Waals surface area contributed by atoms with Gasteiger partial charge >= 0.3 is 0 Å². The lowest BCUT2D eigenvalue weighted by atomic mass is 9.38. The minimum Gasteiger partial charge on any atom is -0.440 e. The maximum Gasteiger partial charge on any atom is 0.289 e. The maximum atomic E-state index is 6.15. The van der Waals surface area contributed by atoms with Crippen LogP contribution in [0.5, 0.6) is 0 Å². The summed E-state index contributed by atoms with van der Waals surface area (Å²) in [5, 5.41) is 0. The smallest absolute Gasteiger partial charge is 0.289 e. The molecular weight excluding hydrogens is 222 g/mol. The Kier molecular flexibility index (Phi) is 4.08. The lowest BCUT2D eigenvalue weighted by molar-refractivity contribution is 0.00347. The SMILES string of the molecule is CC(C)(C)C(C)(C)OBB1CC(C)(C)C(C)(C)O1. The summed E-state index contributed by atoms with van der Waals surface area (Å²) < 4.78 is 12.3. The van der Waals surface area contributed by atoms with Crippen molar-refractivity contribution in [2.45, 2.75) is 79.8 Å². The van der Waals surface area contributed by atoms with Crippen molar-refractivity contribution in [3.05, 3.63) is 0 Å². The van der Waals surface area contributed by atoms with Crippen molar-refractivity contribution in [2.75, 3.05) is 0 Å². The summed E-state index contributed by atoms with van der Waals surface area (Å²) in [6.07, 6.45) is 1.07. The van der Waals surface area contributed by atoms with E-state index in [1.165, 1.54) is 0 Å². The van der Waals surface area contributed by atoms with Gasteiger partial charge in [-0.2, -0.15) is 0 Å². The largest absolute Gasteiger partial charge is 0.440 e. The summed E-state index contributed by atoms with van der Waals surface area (Å²) in [6.45, 7) is 20.1. The van der Waals surface area contributed by atoms with E-state index in [2.05, 4.69) is 62.3 Å². The van der Waals surface area contributed by atoms with Gasteiger partial charge in [0.25, 0.3) is 14.2 Å². The molecule has 2 nitrogen and oxygen atoms in total. The van der Waals surface area contributed by atoms with Crippen LogP contribution in [-0.2, 0) is 9.31 Å². The highest BCUT2D eigenvalue weighted by atomic mass is 16.5. The molecule has 1 aliphatic rings. The molecule has 0 N–H and O–H groups in total. The van der Waals surface area contributed by atoms with Crippen molar-refractivity contribution in [1.82, 2.24) is 0 Å². The van der Waals surface area contributed by atoms with Gasteiger partial charge in [0.05, 0.1) is 0 Å². The Morgan fingerprint density at radius 2 is 1.56 bits per heavy atom. The summed E-state index contributed by atoms with van der Waals surface area (Å²) in [5.41, 5.74) is 0.156. The van der Waals surface area contributed by atoms with Gasteiger partial charge in [0.1, 0.15) is 0 Å². The molecule has 1 rings (SSSR count). The van der Waals surface area contributed by atoms with Crippen molar-refractivity contribution in [3.63, 3.8) is 0 Å². The van der Waals surface area contributed by atoms with E-state index < -0.39 is 0 Å². The minimum absolute atomic E-state index is 0.0626. The second kappa shape index (κ2) is 4.56. The second-order valence-electron chi connectivity index (χ2n) is 8.41. The molecule has 18 heavy (non-hydrogen) atoms. The molecule has 0 aliphatic carbocycles. The highest BCUT2D eigenvalue weighted by Crippen LogP contribution is 2.45. The highest BCUT2D eigenvalue weighted by molar-refractivity contribution is 7.06. The maximum absolute atomic E-state index is 6.15. The average molecular weight is 252 g/mol. The van der Waals surface area contributed by atoms with Crippen LogP contribution in [0.4, 0.5) is 0 Å². The van der Waals surface area contributed by atoms with Gasteiger partial charge in [-0.15, -0.1) is 0 Å². The molecule has 4 heteroatoms. The first kappa shape index (κ1) is 16.1. The van der Waals surface area contributed by atoms with Crippen molar-refractivity contribution in [3.8, 4) is 0 Å². The van der Waals surface area contributed by atoms with Gasteiger partial charge in [0, 0.05) is 11.2 Å². The molecule has 1 saturated heterocycles.